The van der Waals surface area contributed by atoms with Gasteiger partial charge in [-0.3, -0.25) is 4.90 Å². The van der Waals surface area contributed by atoms with Crippen LogP contribution in [0.15, 0.2) is 10.6 Å². The number of rotatable bonds is 1. The van der Waals surface area contributed by atoms with Crippen LogP contribution in [0.1, 0.15) is 59.3 Å². The highest BCUT2D eigenvalue weighted by molar-refractivity contribution is 5.69. The van der Waals surface area contributed by atoms with Crippen molar-refractivity contribution in [2.24, 2.45) is 5.41 Å². The van der Waals surface area contributed by atoms with Gasteiger partial charge in [0.05, 0.1) is 12.2 Å². The topological polar surface area (TPSA) is 81.6 Å². The minimum atomic E-state index is -0.524. The molecule has 6 nitrogen and oxygen atoms in total. The summed E-state index contributed by atoms with van der Waals surface area (Å²) in [4.78, 5) is 18.2. The molecule has 1 atom stereocenters. The maximum Gasteiger partial charge on any atom is 0.410 e. The highest BCUT2D eigenvalue weighted by atomic mass is 16.6. The van der Waals surface area contributed by atoms with Gasteiger partial charge < -0.3 is 14.9 Å². The molecule has 0 aromatic carbocycles. The first-order chi connectivity index (χ1) is 9.57. The average Bonchev–Trinajstić information content (AvgIpc) is 2.72. The molecule has 0 aliphatic carbocycles. The number of piperidine rings is 1. The number of carbonyl (C=O) groups excluding carboxylic acids is 1. The average molecular weight is 295 g/mol. The number of nitrogens with two attached hydrogens (primary N) is 1. The number of carbonyl (C=O) groups is 1. The van der Waals surface area contributed by atoms with Crippen LogP contribution in [0.2, 0.25) is 0 Å². The van der Waals surface area contributed by atoms with Crippen LogP contribution in [0.5, 0.6) is 0 Å². The van der Waals surface area contributed by atoms with Gasteiger partial charge in [-0.15, -0.1) is 0 Å². The minimum absolute atomic E-state index is 0.0545. The van der Waals surface area contributed by atoms with Gasteiger partial charge in [0.25, 0.3) is 6.01 Å². The molecule has 1 aromatic rings. The number of likely N-dealkylation sites (tertiary alicyclic amines) is 1. The standard InChI is InChI=1S/C15H25N3O3/c1-14(2,3)21-13(19)18-9-15(4,5)7-6-10(18)11-8-17-12(16)20-11/h8,10H,6-7,9H2,1-5H3,(H2,16,17). The Hall–Kier alpha value is -1.72. The van der Waals surface area contributed by atoms with Gasteiger partial charge in [-0.1, -0.05) is 13.8 Å². The second-order valence-electron chi connectivity index (χ2n) is 7.43. The number of hydrogen-bond acceptors (Lipinski definition) is 5. The molecule has 1 unspecified atom stereocenters. The lowest BCUT2D eigenvalue weighted by Gasteiger charge is -2.42. The van der Waals surface area contributed by atoms with Gasteiger partial charge in [0.1, 0.15) is 11.4 Å². The van der Waals surface area contributed by atoms with Crippen LogP contribution in [-0.4, -0.2) is 28.1 Å². The van der Waals surface area contributed by atoms with Crippen LogP contribution >= 0.6 is 0 Å². The predicted octanol–water partition coefficient (Wildman–Crippen LogP) is 3.36. The number of anilines is 1. The monoisotopic (exact) mass is 295 g/mol. The van der Waals surface area contributed by atoms with Crippen molar-refractivity contribution in [3.8, 4) is 0 Å². The highest BCUT2D eigenvalue weighted by Crippen LogP contribution is 2.40. The third-order valence-electron chi connectivity index (χ3n) is 3.57. The molecule has 0 spiro atoms. The SMILES string of the molecule is CC1(C)CCC(c2cnc(N)o2)N(C(=O)OC(C)(C)C)C1. The van der Waals surface area contributed by atoms with Crippen molar-refractivity contribution in [2.45, 2.75) is 59.1 Å². The van der Waals surface area contributed by atoms with Gasteiger partial charge in [-0.05, 0) is 39.0 Å². The van der Waals surface area contributed by atoms with Crippen molar-refractivity contribution >= 4 is 12.1 Å². The van der Waals surface area contributed by atoms with Gasteiger partial charge >= 0.3 is 6.09 Å². The Bertz CT molecular complexity index is 516. The molecule has 1 saturated heterocycles. The summed E-state index contributed by atoms with van der Waals surface area (Å²) in [6.07, 6.45) is 3.07. The number of ether oxygens (including phenoxy) is 1. The van der Waals surface area contributed by atoms with Crippen LogP contribution < -0.4 is 5.73 Å². The van der Waals surface area contributed by atoms with Gasteiger partial charge in [-0.25, -0.2) is 9.78 Å². The molecule has 6 heteroatoms. The zero-order chi connectivity index (χ0) is 15.8. The summed E-state index contributed by atoms with van der Waals surface area (Å²) in [6.45, 7) is 10.5. The smallest absolute Gasteiger partial charge is 0.410 e. The second-order valence-corrected chi connectivity index (χ2v) is 7.43. The molecular weight excluding hydrogens is 270 g/mol. The van der Waals surface area contributed by atoms with Crippen LogP contribution in [0.25, 0.3) is 0 Å². The number of nitrogens with zero attached hydrogens (tertiary/aromatic N) is 2. The fourth-order valence-electron chi connectivity index (χ4n) is 2.60. The molecule has 1 aliphatic rings. The van der Waals surface area contributed by atoms with Gasteiger partial charge in [0, 0.05) is 6.54 Å². The first kappa shape index (κ1) is 15.7. The lowest BCUT2D eigenvalue weighted by molar-refractivity contribution is -0.0113. The maximum absolute atomic E-state index is 12.5. The molecule has 1 aromatic heterocycles. The first-order valence-corrected chi connectivity index (χ1v) is 7.28. The number of aromatic nitrogens is 1. The van der Waals surface area contributed by atoms with Crippen molar-refractivity contribution in [1.82, 2.24) is 9.88 Å². The highest BCUT2D eigenvalue weighted by Gasteiger charge is 2.40. The fourth-order valence-corrected chi connectivity index (χ4v) is 2.60. The molecule has 21 heavy (non-hydrogen) atoms. The Kier molecular flexibility index (Phi) is 3.91. The summed E-state index contributed by atoms with van der Waals surface area (Å²) >= 11 is 0. The zero-order valence-corrected chi connectivity index (χ0v) is 13.5. The first-order valence-electron chi connectivity index (χ1n) is 7.28. The Morgan fingerprint density at radius 3 is 2.71 bits per heavy atom. The molecule has 1 amide bonds. The Labute approximate surface area is 125 Å². The number of oxazole rings is 1. The summed E-state index contributed by atoms with van der Waals surface area (Å²) in [5.41, 5.74) is 5.08. The maximum atomic E-state index is 12.5. The normalized spacial score (nSPS) is 22.1. The summed E-state index contributed by atoms with van der Waals surface area (Å²) in [5, 5.41) is 0. The van der Waals surface area contributed by atoms with E-state index in [-0.39, 0.29) is 23.6 Å². The van der Waals surface area contributed by atoms with Gasteiger partial charge in [0.15, 0.2) is 0 Å². The summed E-state index contributed by atoms with van der Waals surface area (Å²) in [7, 11) is 0. The van der Waals surface area contributed by atoms with E-state index in [2.05, 4.69) is 18.8 Å². The molecule has 118 valence electrons. The Morgan fingerprint density at radius 1 is 1.52 bits per heavy atom. The number of nitrogen functional groups attached to an aromatic ring is 1. The third-order valence-corrected chi connectivity index (χ3v) is 3.57. The van der Waals surface area contributed by atoms with Crippen LogP contribution in [-0.2, 0) is 4.74 Å². The predicted molar refractivity (Wildman–Crippen MR) is 79.6 cm³/mol. The molecule has 1 aliphatic heterocycles. The van der Waals surface area contributed by atoms with Crippen molar-refractivity contribution < 1.29 is 13.9 Å². The molecule has 2 N–H and O–H groups in total. The van der Waals surface area contributed by atoms with E-state index >= 15 is 0 Å². The minimum Gasteiger partial charge on any atom is -0.444 e. The molecule has 2 heterocycles. The van der Waals surface area contributed by atoms with Crippen molar-refractivity contribution in [2.75, 3.05) is 12.3 Å². The van der Waals surface area contributed by atoms with Gasteiger partial charge in [-0.2, -0.15) is 0 Å². The van der Waals surface area contributed by atoms with Crippen molar-refractivity contribution in [3.63, 3.8) is 0 Å². The summed E-state index contributed by atoms with van der Waals surface area (Å²) < 4.78 is 10.9. The van der Waals surface area contributed by atoms with E-state index in [9.17, 15) is 4.79 Å². The largest absolute Gasteiger partial charge is 0.444 e. The van der Waals surface area contributed by atoms with E-state index in [1.165, 1.54) is 0 Å². The third kappa shape index (κ3) is 3.89. The van der Waals surface area contributed by atoms with E-state index in [0.717, 1.165) is 12.8 Å². The molecule has 0 bridgehead atoms. The lowest BCUT2D eigenvalue weighted by atomic mass is 9.81. The van der Waals surface area contributed by atoms with Crippen LogP contribution in [0.4, 0.5) is 10.8 Å². The van der Waals surface area contributed by atoms with E-state index < -0.39 is 5.60 Å². The zero-order valence-electron chi connectivity index (χ0n) is 13.5. The Balaban J connectivity index is 2.23. The summed E-state index contributed by atoms with van der Waals surface area (Å²) in [5.74, 6) is 0.619. The molecule has 1 fully saturated rings. The van der Waals surface area contributed by atoms with Crippen LogP contribution in [0, 0.1) is 5.41 Å². The van der Waals surface area contributed by atoms with Crippen molar-refractivity contribution in [3.05, 3.63) is 12.0 Å². The molecule has 0 saturated carbocycles. The van der Waals surface area contributed by atoms with E-state index in [0.29, 0.717) is 12.3 Å². The lowest BCUT2D eigenvalue weighted by Crippen LogP contribution is -2.47. The molecular formula is C15H25N3O3. The van der Waals surface area contributed by atoms with Crippen LogP contribution in [0.3, 0.4) is 0 Å². The molecule has 2 rings (SSSR count). The van der Waals surface area contributed by atoms with Gasteiger partial charge in [0.2, 0.25) is 0 Å². The summed E-state index contributed by atoms with van der Waals surface area (Å²) in [6, 6.07) is -0.0448. The van der Waals surface area contributed by atoms with Crippen molar-refractivity contribution in [1.29, 1.82) is 0 Å². The quantitative estimate of drug-likeness (QED) is 0.859. The van der Waals surface area contributed by atoms with E-state index in [1.54, 1.807) is 11.1 Å². The fraction of sp³-hybridized carbons (Fsp3) is 0.733. The number of amides is 1. The number of hydrogen-bond donors (Lipinski definition) is 1. The van der Waals surface area contributed by atoms with E-state index in [1.807, 2.05) is 20.8 Å². The molecule has 0 radical (unpaired) electrons. The second kappa shape index (κ2) is 5.24. The Morgan fingerprint density at radius 2 is 2.19 bits per heavy atom. The van der Waals surface area contributed by atoms with E-state index in [4.69, 9.17) is 14.9 Å².